The molecule has 0 nitrogen and oxygen atoms in total. The van der Waals surface area contributed by atoms with E-state index in [2.05, 4.69) is 62.5 Å². The molecule has 0 atom stereocenters. The van der Waals surface area contributed by atoms with Crippen LogP contribution in [-0.4, -0.2) is 11.5 Å². The Labute approximate surface area is 350 Å². The summed E-state index contributed by atoms with van der Waals surface area (Å²) in [6.07, 6.45) is 59.0. The Kier molecular flexibility index (Phi) is 42.4. The van der Waals surface area contributed by atoms with Crippen LogP contribution in [-0.2, 0) is 6.42 Å². The van der Waals surface area contributed by atoms with Gasteiger partial charge in [-0.05, 0) is 61.5 Å². The van der Waals surface area contributed by atoms with Gasteiger partial charge in [0.2, 0.25) is 0 Å². The highest BCUT2D eigenvalue weighted by molar-refractivity contribution is 8.00. The molecule has 0 spiro atoms. The minimum Gasteiger partial charge on any atom is -0.126 e. The zero-order chi connectivity index (χ0) is 38.7. The van der Waals surface area contributed by atoms with E-state index in [-0.39, 0.29) is 0 Å². The van der Waals surface area contributed by atoms with Crippen LogP contribution >= 0.6 is 23.5 Å². The zero-order valence-electron chi connectivity index (χ0n) is 37.2. The van der Waals surface area contributed by atoms with E-state index < -0.39 is 0 Å². The SMILES string of the molecule is [CH2]Cc1cc(SCCCCCCCCCCCCCCCCCCCCCC)cc(SCCCCCCCCCCCCCCCCCCCCCC)c1. The van der Waals surface area contributed by atoms with Gasteiger partial charge >= 0.3 is 0 Å². The Morgan fingerprint density at radius 3 is 0.704 bits per heavy atom. The lowest BCUT2D eigenvalue weighted by Gasteiger charge is -2.09. The summed E-state index contributed by atoms with van der Waals surface area (Å²) in [5, 5.41) is 0. The van der Waals surface area contributed by atoms with E-state index >= 15 is 0 Å². The van der Waals surface area contributed by atoms with Crippen LogP contribution in [0.15, 0.2) is 28.0 Å². The van der Waals surface area contributed by atoms with Gasteiger partial charge in [0.25, 0.3) is 0 Å². The van der Waals surface area contributed by atoms with Crippen LogP contribution in [0.1, 0.15) is 276 Å². The predicted molar refractivity (Wildman–Crippen MR) is 253 cm³/mol. The molecule has 1 rings (SSSR count). The van der Waals surface area contributed by atoms with Crippen LogP contribution in [0.3, 0.4) is 0 Å². The standard InChI is InChI=1S/C52H97S2/c1-4-7-9-11-13-15-17-19-21-23-25-27-29-31-33-35-37-39-41-43-45-53-51-47-50(6-3)48-52(49-51)54-46-44-42-40-38-36-34-32-30-28-26-24-22-20-18-16-14-12-10-8-5-2/h47-49H,3-46H2,1-2H3. The average Bonchev–Trinajstić information content (AvgIpc) is 3.19. The maximum atomic E-state index is 4.20. The van der Waals surface area contributed by atoms with Gasteiger partial charge in [-0.25, -0.2) is 0 Å². The van der Waals surface area contributed by atoms with Crippen molar-refractivity contribution in [2.24, 2.45) is 0 Å². The van der Waals surface area contributed by atoms with E-state index in [0.717, 1.165) is 6.42 Å². The Morgan fingerprint density at radius 2 is 0.500 bits per heavy atom. The first-order valence-electron chi connectivity index (χ1n) is 25.0. The van der Waals surface area contributed by atoms with Crippen molar-refractivity contribution in [1.82, 2.24) is 0 Å². The first-order chi connectivity index (χ1) is 26.8. The van der Waals surface area contributed by atoms with Gasteiger partial charge in [0.05, 0.1) is 0 Å². The minimum atomic E-state index is 0.903. The molecular weight excluding hydrogens is 689 g/mol. The Bertz CT molecular complexity index is 785. The molecule has 1 aromatic rings. The van der Waals surface area contributed by atoms with E-state index in [0.29, 0.717) is 0 Å². The van der Waals surface area contributed by atoms with Gasteiger partial charge in [-0.2, -0.15) is 0 Å². The molecule has 0 saturated carbocycles. The summed E-state index contributed by atoms with van der Waals surface area (Å²) in [7, 11) is 0. The van der Waals surface area contributed by atoms with Crippen LogP contribution in [0.4, 0.5) is 0 Å². The summed E-state index contributed by atoms with van der Waals surface area (Å²) >= 11 is 4.16. The first-order valence-corrected chi connectivity index (χ1v) is 27.0. The topological polar surface area (TPSA) is 0 Å². The molecule has 0 fully saturated rings. The molecule has 0 amide bonds. The van der Waals surface area contributed by atoms with Gasteiger partial charge in [0.15, 0.2) is 0 Å². The summed E-state index contributed by atoms with van der Waals surface area (Å²) in [5.41, 5.74) is 1.41. The number of thioether (sulfide) groups is 2. The normalized spacial score (nSPS) is 11.6. The third kappa shape index (κ3) is 37.5. The van der Waals surface area contributed by atoms with Crippen molar-refractivity contribution in [3.63, 3.8) is 0 Å². The molecule has 0 unspecified atom stereocenters. The molecular formula is C52H97S2. The molecule has 1 radical (unpaired) electrons. The number of rotatable bonds is 45. The summed E-state index contributed by atoms with van der Waals surface area (Å²) in [6.45, 7) is 8.82. The van der Waals surface area contributed by atoms with Crippen LogP contribution in [0.2, 0.25) is 0 Å². The molecule has 317 valence electrons. The fourth-order valence-corrected chi connectivity index (χ4v) is 10.2. The molecule has 0 aliphatic rings. The van der Waals surface area contributed by atoms with Crippen molar-refractivity contribution >= 4 is 23.5 Å². The lowest BCUT2D eigenvalue weighted by Crippen LogP contribution is -1.88. The third-order valence-corrected chi connectivity index (χ3v) is 13.9. The van der Waals surface area contributed by atoms with Crippen molar-refractivity contribution in [2.45, 2.75) is 287 Å². The van der Waals surface area contributed by atoms with Gasteiger partial charge < -0.3 is 0 Å². The molecule has 0 aliphatic heterocycles. The third-order valence-electron chi connectivity index (χ3n) is 11.8. The number of hydrogen-bond donors (Lipinski definition) is 0. The smallest absolute Gasteiger partial charge is 0.00858 e. The maximum Gasteiger partial charge on any atom is 0.00858 e. The Balaban J connectivity index is 1.89. The van der Waals surface area contributed by atoms with E-state index in [1.54, 1.807) is 0 Å². The highest BCUT2D eigenvalue weighted by atomic mass is 32.2. The molecule has 0 bridgehead atoms. The van der Waals surface area contributed by atoms with Crippen molar-refractivity contribution in [3.8, 4) is 0 Å². The van der Waals surface area contributed by atoms with Gasteiger partial charge in [-0.3, -0.25) is 0 Å². The highest BCUT2D eigenvalue weighted by Crippen LogP contribution is 2.29. The predicted octanol–water partition coefficient (Wildman–Crippen LogP) is 19.9. The Morgan fingerprint density at radius 1 is 0.296 bits per heavy atom. The zero-order valence-corrected chi connectivity index (χ0v) is 38.8. The number of unbranched alkanes of at least 4 members (excludes halogenated alkanes) is 38. The summed E-state index contributed by atoms with van der Waals surface area (Å²) in [6, 6.07) is 7.26. The Hall–Kier alpha value is -0.0800. The maximum absolute atomic E-state index is 4.20. The fraction of sp³-hybridized carbons (Fsp3) is 0.865. The quantitative estimate of drug-likeness (QED) is 0.0477. The second-order valence-electron chi connectivity index (χ2n) is 17.2. The van der Waals surface area contributed by atoms with Crippen LogP contribution in [0.5, 0.6) is 0 Å². The van der Waals surface area contributed by atoms with Gasteiger partial charge in [0.1, 0.15) is 0 Å². The fourth-order valence-electron chi connectivity index (χ4n) is 8.04. The van der Waals surface area contributed by atoms with E-state index in [1.807, 2.05) is 0 Å². The molecule has 0 aliphatic carbocycles. The monoisotopic (exact) mass is 786 g/mol. The van der Waals surface area contributed by atoms with Crippen molar-refractivity contribution in [2.75, 3.05) is 11.5 Å². The summed E-state index contributed by atoms with van der Waals surface area (Å²) < 4.78 is 0. The van der Waals surface area contributed by atoms with E-state index in [1.165, 1.54) is 284 Å². The van der Waals surface area contributed by atoms with E-state index in [9.17, 15) is 0 Å². The van der Waals surface area contributed by atoms with E-state index in [4.69, 9.17) is 0 Å². The molecule has 54 heavy (non-hydrogen) atoms. The molecule has 0 N–H and O–H groups in total. The largest absolute Gasteiger partial charge is 0.126 e. The lowest BCUT2D eigenvalue weighted by molar-refractivity contribution is 0.523. The number of benzene rings is 1. The molecule has 0 aromatic heterocycles. The molecule has 0 saturated heterocycles. The molecule has 0 heterocycles. The van der Waals surface area contributed by atoms with Crippen LogP contribution in [0.25, 0.3) is 0 Å². The second-order valence-corrected chi connectivity index (χ2v) is 19.5. The second kappa shape index (κ2) is 44.0. The van der Waals surface area contributed by atoms with Gasteiger partial charge in [-0.1, -0.05) is 258 Å². The van der Waals surface area contributed by atoms with Crippen LogP contribution in [0, 0.1) is 6.92 Å². The highest BCUT2D eigenvalue weighted by Gasteiger charge is 2.04. The van der Waals surface area contributed by atoms with Crippen molar-refractivity contribution < 1.29 is 0 Å². The minimum absolute atomic E-state index is 0.903. The van der Waals surface area contributed by atoms with Crippen LogP contribution < -0.4 is 0 Å². The number of hydrogen-bond acceptors (Lipinski definition) is 2. The lowest BCUT2D eigenvalue weighted by atomic mass is 10.0. The van der Waals surface area contributed by atoms with Gasteiger partial charge in [0, 0.05) is 9.79 Å². The first kappa shape index (κ1) is 51.9. The van der Waals surface area contributed by atoms with Gasteiger partial charge in [-0.15, -0.1) is 23.5 Å². The summed E-state index contributed by atoms with van der Waals surface area (Å²) in [5.74, 6) is 2.53. The summed E-state index contributed by atoms with van der Waals surface area (Å²) in [4.78, 5) is 2.94. The molecule has 2 heteroatoms. The molecule has 1 aromatic carbocycles. The average molecular weight is 786 g/mol. The van der Waals surface area contributed by atoms with Crippen molar-refractivity contribution in [1.29, 1.82) is 0 Å². The van der Waals surface area contributed by atoms with Crippen molar-refractivity contribution in [3.05, 3.63) is 30.7 Å².